The Labute approximate surface area is 86.6 Å². The lowest BCUT2D eigenvalue weighted by Crippen LogP contribution is -2.13. The van der Waals surface area contributed by atoms with E-state index in [-0.39, 0.29) is 0 Å². The van der Waals surface area contributed by atoms with Gasteiger partial charge >= 0.3 is 0 Å². The molecular formula is C9H15N3OS. The zero-order valence-electron chi connectivity index (χ0n) is 8.49. The summed E-state index contributed by atoms with van der Waals surface area (Å²) in [5.41, 5.74) is 0.870. The second kappa shape index (κ2) is 5.70. The molecule has 0 aromatic carbocycles. The summed E-state index contributed by atoms with van der Waals surface area (Å²) < 4.78 is 11.1. The fourth-order valence-electron chi connectivity index (χ4n) is 1.01. The molecule has 0 spiro atoms. The predicted molar refractivity (Wildman–Crippen MR) is 58.8 cm³/mol. The predicted octanol–water partition coefficient (Wildman–Crippen LogP) is 0.966. The molecule has 5 heteroatoms. The molecule has 0 aliphatic heterocycles. The van der Waals surface area contributed by atoms with Gasteiger partial charge in [0.1, 0.15) is 5.82 Å². The van der Waals surface area contributed by atoms with E-state index in [1.165, 1.54) is 0 Å². The normalized spacial score (nSPS) is 12.4. The van der Waals surface area contributed by atoms with Gasteiger partial charge in [0.15, 0.2) is 0 Å². The van der Waals surface area contributed by atoms with Crippen molar-refractivity contribution < 1.29 is 4.21 Å². The zero-order valence-corrected chi connectivity index (χ0v) is 9.30. The maximum atomic E-state index is 11.1. The first-order valence-corrected chi connectivity index (χ1v) is 6.09. The Hall–Kier alpha value is -0.970. The van der Waals surface area contributed by atoms with Crippen molar-refractivity contribution in [3.63, 3.8) is 0 Å². The lowest BCUT2D eigenvalue weighted by atomic mass is 10.4. The first-order chi connectivity index (χ1) is 6.74. The Balaban J connectivity index is 2.39. The van der Waals surface area contributed by atoms with Gasteiger partial charge < -0.3 is 5.32 Å². The summed E-state index contributed by atoms with van der Waals surface area (Å²) in [7, 11) is -0.718. The van der Waals surface area contributed by atoms with Crippen LogP contribution in [-0.2, 0) is 10.8 Å². The summed E-state index contributed by atoms with van der Waals surface area (Å²) in [4.78, 5) is 8.22. The van der Waals surface area contributed by atoms with E-state index >= 15 is 0 Å². The number of hydrogen-bond acceptors (Lipinski definition) is 4. The zero-order chi connectivity index (χ0) is 10.4. The minimum absolute atomic E-state index is 0.659. The summed E-state index contributed by atoms with van der Waals surface area (Å²) in [6.45, 7) is 4.50. The third-order valence-electron chi connectivity index (χ3n) is 1.83. The highest BCUT2D eigenvalue weighted by molar-refractivity contribution is 7.84. The fraction of sp³-hybridized carbons (Fsp3) is 0.556. The van der Waals surface area contributed by atoms with Crippen molar-refractivity contribution in [1.82, 2.24) is 9.97 Å². The summed E-state index contributed by atoms with van der Waals surface area (Å²) in [5, 5.41) is 3.11. The van der Waals surface area contributed by atoms with Gasteiger partial charge in [-0.05, 0) is 6.92 Å². The van der Waals surface area contributed by atoms with Crippen LogP contribution in [0.4, 0.5) is 5.82 Å². The van der Waals surface area contributed by atoms with Crippen molar-refractivity contribution in [3.05, 3.63) is 18.1 Å². The summed E-state index contributed by atoms with van der Waals surface area (Å²) >= 11 is 0. The van der Waals surface area contributed by atoms with Crippen molar-refractivity contribution in [3.8, 4) is 0 Å². The highest BCUT2D eigenvalue weighted by Crippen LogP contribution is 2.04. The molecule has 0 aliphatic rings. The van der Waals surface area contributed by atoms with Crippen molar-refractivity contribution >= 4 is 16.6 Å². The number of rotatable bonds is 5. The highest BCUT2D eigenvalue weighted by atomic mass is 32.2. The number of nitrogens with zero attached hydrogens (tertiary/aromatic N) is 2. The van der Waals surface area contributed by atoms with Crippen LogP contribution in [0.1, 0.15) is 12.6 Å². The van der Waals surface area contributed by atoms with Gasteiger partial charge in [-0.2, -0.15) is 0 Å². The maximum Gasteiger partial charge on any atom is 0.147 e. The quantitative estimate of drug-likeness (QED) is 0.791. The standard InChI is InChI=1S/C9H15N3OS/c1-3-14(13)7-6-12-9-8(2)10-4-5-11-9/h4-5H,3,6-7H2,1-2H3,(H,11,12). The lowest BCUT2D eigenvalue weighted by Gasteiger charge is -2.06. The van der Waals surface area contributed by atoms with Gasteiger partial charge in [0, 0.05) is 41.2 Å². The van der Waals surface area contributed by atoms with E-state index in [4.69, 9.17) is 0 Å². The Morgan fingerprint density at radius 1 is 1.43 bits per heavy atom. The number of nitrogens with one attached hydrogen (secondary N) is 1. The van der Waals surface area contributed by atoms with Crippen LogP contribution in [0.25, 0.3) is 0 Å². The van der Waals surface area contributed by atoms with E-state index in [1.54, 1.807) is 12.4 Å². The Morgan fingerprint density at radius 3 is 2.79 bits per heavy atom. The number of anilines is 1. The lowest BCUT2D eigenvalue weighted by molar-refractivity contribution is 0.684. The molecule has 4 nitrogen and oxygen atoms in total. The van der Waals surface area contributed by atoms with E-state index < -0.39 is 10.8 Å². The average Bonchev–Trinajstić information content (AvgIpc) is 2.20. The topological polar surface area (TPSA) is 54.9 Å². The third-order valence-corrected chi connectivity index (χ3v) is 3.13. The fourth-order valence-corrected chi connectivity index (χ4v) is 1.63. The van der Waals surface area contributed by atoms with Crippen LogP contribution in [0.3, 0.4) is 0 Å². The molecular weight excluding hydrogens is 198 g/mol. The third kappa shape index (κ3) is 3.41. The molecule has 1 aromatic heterocycles. The van der Waals surface area contributed by atoms with Gasteiger partial charge in [-0.15, -0.1) is 0 Å². The SMILES string of the molecule is CCS(=O)CCNc1nccnc1C. The van der Waals surface area contributed by atoms with E-state index in [2.05, 4.69) is 15.3 Å². The number of aryl methyl sites for hydroxylation is 1. The molecule has 1 rings (SSSR count). The first-order valence-electron chi connectivity index (χ1n) is 4.60. The molecule has 0 radical (unpaired) electrons. The van der Waals surface area contributed by atoms with Gasteiger partial charge in [0.2, 0.25) is 0 Å². The van der Waals surface area contributed by atoms with Crippen LogP contribution in [0.5, 0.6) is 0 Å². The summed E-state index contributed by atoms with van der Waals surface area (Å²) in [6, 6.07) is 0. The molecule has 0 bridgehead atoms. The van der Waals surface area contributed by atoms with Gasteiger partial charge in [-0.1, -0.05) is 6.92 Å². The molecule has 1 aromatic rings. The Bertz CT molecular complexity index is 317. The number of hydrogen-bond donors (Lipinski definition) is 1. The smallest absolute Gasteiger partial charge is 0.147 e. The summed E-state index contributed by atoms with van der Waals surface area (Å²) in [5.74, 6) is 2.15. The van der Waals surface area contributed by atoms with Crippen molar-refractivity contribution in [2.24, 2.45) is 0 Å². The van der Waals surface area contributed by atoms with Gasteiger partial charge in [-0.3, -0.25) is 9.19 Å². The molecule has 0 fully saturated rings. The minimum atomic E-state index is -0.718. The molecule has 78 valence electrons. The maximum absolute atomic E-state index is 11.1. The largest absolute Gasteiger partial charge is 0.368 e. The van der Waals surface area contributed by atoms with Gasteiger partial charge in [0.05, 0.1) is 5.69 Å². The van der Waals surface area contributed by atoms with E-state index in [1.807, 2.05) is 13.8 Å². The Kier molecular flexibility index (Phi) is 4.52. The van der Waals surface area contributed by atoms with E-state index in [9.17, 15) is 4.21 Å². The minimum Gasteiger partial charge on any atom is -0.368 e. The summed E-state index contributed by atoms with van der Waals surface area (Å²) in [6.07, 6.45) is 3.30. The molecule has 1 unspecified atom stereocenters. The van der Waals surface area contributed by atoms with Crippen LogP contribution in [0.2, 0.25) is 0 Å². The molecule has 14 heavy (non-hydrogen) atoms. The van der Waals surface area contributed by atoms with Crippen LogP contribution in [0, 0.1) is 6.92 Å². The monoisotopic (exact) mass is 213 g/mol. The average molecular weight is 213 g/mol. The molecule has 0 aliphatic carbocycles. The number of aromatic nitrogens is 2. The van der Waals surface area contributed by atoms with E-state index in [0.717, 1.165) is 11.5 Å². The highest BCUT2D eigenvalue weighted by Gasteiger charge is 1.99. The molecule has 0 saturated carbocycles. The van der Waals surface area contributed by atoms with Crippen molar-refractivity contribution in [2.45, 2.75) is 13.8 Å². The molecule has 0 amide bonds. The Morgan fingerprint density at radius 2 is 2.14 bits per heavy atom. The van der Waals surface area contributed by atoms with Gasteiger partial charge in [0.25, 0.3) is 0 Å². The van der Waals surface area contributed by atoms with Crippen LogP contribution in [0.15, 0.2) is 12.4 Å². The molecule has 1 heterocycles. The van der Waals surface area contributed by atoms with Crippen LogP contribution in [-0.4, -0.2) is 32.2 Å². The van der Waals surface area contributed by atoms with Crippen molar-refractivity contribution in [2.75, 3.05) is 23.4 Å². The second-order valence-corrected chi connectivity index (χ2v) is 4.72. The van der Waals surface area contributed by atoms with Gasteiger partial charge in [-0.25, -0.2) is 4.98 Å². The second-order valence-electron chi connectivity index (χ2n) is 2.85. The van der Waals surface area contributed by atoms with Crippen LogP contribution < -0.4 is 5.32 Å². The van der Waals surface area contributed by atoms with Crippen molar-refractivity contribution in [1.29, 1.82) is 0 Å². The first kappa shape index (κ1) is 11.1. The molecule has 0 saturated heterocycles. The van der Waals surface area contributed by atoms with Crippen LogP contribution >= 0.6 is 0 Å². The molecule has 1 N–H and O–H groups in total. The van der Waals surface area contributed by atoms with E-state index in [0.29, 0.717) is 18.1 Å². The molecule has 1 atom stereocenters.